The summed E-state index contributed by atoms with van der Waals surface area (Å²) in [5.41, 5.74) is 1.40. The highest BCUT2D eigenvalue weighted by molar-refractivity contribution is 7.19. The lowest BCUT2D eigenvalue weighted by Gasteiger charge is -2.36. The van der Waals surface area contributed by atoms with Crippen molar-refractivity contribution in [1.29, 1.82) is 0 Å². The monoisotopic (exact) mass is 474 g/mol. The normalized spacial score (nSPS) is 16.9. The van der Waals surface area contributed by atoms with Crippen LogP contribution in [-0.4, -0.2) is 84.2 Å². The van der Waals surface area contributed by atoms with Gasteiger partial charge in [-0.05, 0) is 25.5 Å². The Morgan fingerprint density at radius 1 is 1.12 bits per heavy atom. The van der Waals surface area contributed by atoms with Gasteiger partial charge in [-0.15, -0.1) is 11.3 Å². The molecular formula is C23H34N6O3S. The van der Waals surface area contributed by atoms with Crippen molar-refractivity contribution in [2.75, 3.05) is 57.3 Å². The Morgan fingerprint density at radius 3 is 2.55 bits per heavy atom. The Hall–Kier alpha value is -2.46. The molecule has 0 bridgehead atoms. The molecule has 1 saturated heterocycles. The molecule has 1 N–H and O–H groups in total. The van der Waals surface area contributed by atoms with Crippen molar-refractivity contribution in [3.8, 4) is 0 Å². The van der Waals surface area contributed by atoms with Crippen LogP contribution in [0.5, 0.6) is 0 Å². The summed E-state index contributed by atoms with van der Waals surface area (Å²) in [5.74, 6) is 1.71. The van der Waals surface area contributed by atoms with Crippen LogP contribution < -0.4 is 10.2 Å². The molecule has 2 aliphatic rings. The van der Waals surface area contributed by atoms with E-state index in [2.05, 4.69) is 35.9 Å². The molecule has 0 radical (unpaired) electrons. The second kappa shape index (κ2) is 10.2. The summed E-state index contributed by atoms with van der Waals surface area (Å²) in [5, 5.41) is 3.86. The molecule has 0 unspecified atom stereocenters. The molecule has 2 aromatic rings. The highest BCUT2D eigenvalue weighted by Crippen LogP contribution is 2.39. The number of ether oxygens (including phenoxy) is 1. The van der Waals surface area contributed by atoms with Gasteiger partial charge >= 0.3 is 12.0 Å². The second-order valence-corrected chi connectivity index (χ2v) is 9.88. The lowest BCUT2D eigenvalue weighted by atomic mass is 10.0. The molecule has 2 aliphatic heterocycles. The maximum absolute atomic E-state index is 12.5. The summed E-state index contributed by atoms with van der Waals surface area (Å²) in [7, 11) is 0. The van der Waals surface area contributed by atoms with Gasteiger partial charge in [-0.25, -0.2) is 14.8 Å². The summed E-state index contributed by atoms with van der Waals surface area (Å²) in [6.07, 6.45) is 1.02. The number of carbonyl (C=O) groups excluding carboxylic acids is 2. The Morgan fingerprint density at radius 2 is 1.88 bits per heavy atom. The van der Waals surface area contributed by atoms with Crippen molar-refractivity contribution >= 4 is 39.4 Å². The third-order valence-corrected chi connectivity index (χ3v) is 7.41. The molecule has 2 amide bonds. The number of hydrogen-bond acceptors (Lipinski definition) is 8. The van der Waals surface area contributed by atoms with Crippen molar-refractivity contribution in [3.05, 3.63) is 16.3 Å². The van der Waals surface area contributed by atoms with Gasteiger partial charge in [0.15, 0.2) is 0 Å². The van der Waals surface area contributed by atoms with Crippen LogP contribution in [0, 0.1) is 0 Å². The van der Waals surface area contributed by atoms with Gasteiger partial charge in [-0.2, -0.15) is 0 Å². The van der Waals surface area contributed by atoms with E-state index in [1.54, 1.807) is 11.8 Å². The summed E-state index contributed by atoms with van der Waals surface area (Å²) >= 11 is 1.81. The number of thiophene rings is 1. The highest BCUT2D eigenvalue weighted by atomic mass is 32.1. The van der Waals surface area contributed by atoms with Gasteiger partial charge in [0.2, 0.25) is 0 Å². The van der Waals surface area contributed by atoms with Crippen molar-refractivity contribution in [3.63, 3.8) is 0 Å². The second-order valence-electron chi connectivity index (χ2n) is 8.80. The number of likely N-dealkylation sites (N-methyl/N-ethyl adjacent to an activating group) is 1. The third kappa shape index (κ3) is 5.06. The van der Waals surface area contributed by atoms with Crippen LogP contribution in [0.2, 0.25) is 0 Å². The van der Waals surface area contributed by atoms with Gasteiger partial charge in [-0.1, -0.05) is 20.8 Å². The van der Waals surface area contributed by atoms with Gasteiger partial charge in [0, 0.05) is 50.1 Å². The molecule has 2 aromatic heterocycles. The van der Waals surface area contributed by atoms with E-state index in [0.717, 1.165) is 42.5 Å². The Bertz CT molecular complexity index is 1020. The van der Waals surface area contributed by atoms with Crippen LogP contribution in [0.3, 0.4) is 0 Å². The number of carbonyl (C=O) groups is 2. The minimum atomic E-state index is -0.419. The molecule has 0 aromatic carbocycles. The van der Waals surface area contributed by atoms with Crippen molar-refractivity contribution in [1.82, 2.24) is 25.1 Å². The first-order valence-corrected chi connectivity index (χ1v) is 12.7. The number of amides is 2. The Kier molecular flexibility index (Phi) is 7.33. The molecule has 33 heavy (non-hydrogen) atoms. The van der Waals surface area contributed by atoms with E-state index in [9.17, 15) is 9.59 Å². The van der Waals surface area contributed by atoms with E-state index in [0.29, 0.717) is 32.8 Å². The zero-order valence-corrected chi connectivity index (χ0v) is 20.8. The maximum Gasteiger partial charge on any atom is 0.325 e. The molecule has 0 saturated carbocycles. The minimum Gasteiger partial charge on any atom is -0.465 e. The van der Waals surface area contributed by atoms with E-state index in [4.69, 9.17) is 14.7 Å². The largest absolute Gasteiger partial charge is 0.465 e. The average Bonchev–Trinajstić information content (AvgIpc) is 3.19. The quantitative estimate of drug-likeness (QED) is 0.644. The topological polar surface area (TPSA) is 90.9 Å². The minimum absolute atomic E-state index is 0.104. The van der Waals surface area contributed by atoms with Crippen LogP contribution in [0.25, 0.3) is 10.2 Å². The van der Waals surface area contributed by atoms with E-state index >= 15 is 0 Å². The number of fused-ring (bicyclic) bond motifs is 3. The zero-order valence-electron chi connectivity index (χ0n) is 20.0. The lowest BCUT2D eigenvalue weighted by molar-refractivity contribution is -0.141. The SMILES string of the molecule is CCOC(=O)CNC(=O)N1CCN(c2nc(C(C)C)nc3sc4c(c23)CCN(CC)C4)CC1. The number of nitrogens with zero attached hydrogens (tertiary/aromatic N) is 5. The molecule has 9 nitrogen and oxygen atoms in total. The number of aromatic nitrogens is 2. The van der Waals surface area contributed by atoms with Gasteiger partial charge in [0.05, 0.1) is 12.0 Å². The van der Waals surface area contributed by atoms with Crippen molar-refractivity contribution < 1.29 is 14.3 Å². The average molecular weight is 475 g/mol. The Balaban J connectivity index is 1.53. The fourth-order valence-electron chi connectivity index (χ4n) is 4.39. The first-order valence-electron chi connectivity index (χ1n) is 11.9. The molecule has 1 fully saturated rings. The van der Waals surface area contributed by atoms with E-state index in [-0.39, 0.29) is 18.5 Å². The standard InChI is InChI=1S/C23H34N6O3S/c1-5-27-8-7-16-17(14-27)33-22-19(16)21(25-20(26-22)15(3)4)28-9-11-29(12-10-28)23(31)24-13-18(30)32-6-2/h15H,5-14H2,1-4H3,(H,24,31). The highest BCUT2D eigenvalue weighted by Gasteiger charge is 2.29. The number of esters is 1. The fourth-order valence-corrected chi connectivity index (χ4v) is 5.66. The van der Waals surface area contributed by atoms with Gasteiger partial charge in [0.1, 0.15) is 23.0 Å². The molecule has 0 atom stereocenters. The lowest BCUT2D eigenvalue weighted by Crippen LogP contribution is -2.52. The fraction of sp³-hybridized carbons (Fsp3) is 0.652. The summed E-state index contributed by atoms with van der Waals surface area (Å²) < 4.78 is 4.88. The van der Waals surface area contributed by atoms with Crippen molar-refractivity contribution in [2.24, 2.45) is 0 Å². The molecule has 0 aliphatic carbocycles. The molecular weight excluding hydrogens is 440 g/mol. The summed E-state index contributed by atoms with van der Waals surface area (Å²) in [6, 6.07) is -0.231. The van der Waals surface area contributed by atoms with E-state index < -0.39 is 5.97 Å². The number of urea groups is 1. The number of anilines is 1. The number of hydrogen-bond donors (Lipinski definition) is 1. The smallest absolute Gasteiger partial charge is 0.325 e. The third-order valence-electron chi connectivity index (χ3n) is 6.30. The molecule has 10 heteroatoms. The van der Waals surface area contributed by atoms with E-state index in [1.807, 2.05) is 11.3 Å². The Labute approximate surface area is 199 Å². The summed E-state index contributed by atoms with van der Waals surface area (Å²) in [6.45, 7) is 14.1. The first kappa shape index (κ1) is 23.7. The van der Waals surface area contributed by atoms with Crippen LogP contribution >= 0.6 is 11.3 Å². The van der Waals surface area contributed by atoms with Crippen LogP contribution in [-0.2, 0) is 22.5 Å². The van der Waals surface area contributed by atoms with Crippen LogP contribution in [0.1, 0.15) is 49.9 Å². The van der Waals surface area contributed by atoms with Gasteiger partial charge in [-0.3, -0.25) is 9.69 Å². The maximum atomic E-state index is 12.5. The molecule has 4 heterocycles. The molecule has 4 rings (SSSR count). The van der Waals surface area contributed by atoms with Crippen LogP contribution in [0.4, 0.5) is 10.6 Å². The first-order chi connectivity index (χ1) is 15.9. The predicted molar refractivity (Wildman–Crippen MR) is 130 cm³/mol. The van der Waals surface area contributed by atoms with Gasteiger partial charge < -0.3 is 19.9 Å². The molecule has 180 valence electrons. The number of nitrogens with one attached hydrogen (secondary N) is 1. The van der Waals surface area contributed by atoms with Crippen LogP contribution in [0.15, 0.2) is 0 Å². The van der Waals surface area contributed by atoms with E-state index in [1.165, 1.54) is 15.8 Å². The molecule has 0 spiro atoms. The number of rotatable bonds is 6. The van der Waals surface area contributed by atoms with Gasteiger partial charge in [0.25, 0.3) is 0 Å². The summed E-state index contributed by atoms with van der Waals surface area (Å²) in [4.78, 5) is 43.0. The zero-order chi connectivity index (χ0) is 23.5. The van der Waals surface area contributed by atoms with Crippen molar-refractivity contribution in [2.45, 2.75) is 46.6 Å². The number of piperazine rings is 1. The predicted octanol–water partition coefficient (Wildman–Crippen LogP) is 2.59.